The van der Waals surface area contributed by atoms with Gasteiger partial charge in [0, 0.05) is 52.9 Å². The van der Waals surface area contributed by atoms with Crippen LogP contribution in [0.1, 0.15) is 5.56 Å². The van der Waals surface area contributed by atoms with Gasteiger partial charge in [-0.05, 0) is 66.2 Å². The van der Waals surface area contributed by atoms with Gasteiger partial charge in [0.25, 0.3) is 0 Å². The largest absolute Gasteiger partial charge is 0.368 e. The fourth-order valence-corrected chi connectivity index (χ4v) is 6.04. The van der Waals surface area contributed by atoms with E-state index >= 15 is 0 Å². The maximum absolute atomic E-state index is 13.5. The van der Waals surface area contributed by atoms with Gasteiger partial charge in [0.05, 0.1) is 11.4 Å². The topological polar surface area (TPSA) is 60.9 Å². The highest BCUT2D eigenvalue weighted by atomic mass is 79.9. The lowest BCUT2D eigenvalue weighted by Gasteiger charge is -2.37. The van der Waals surface area contributed by atoms with Crippen molar-refractivity contribution in [2.24, 2.45) is 0 Å². The molecule has 190 valence electrons. The Morgan fingerprint density at radius 3 is 2.19 bits per heavy atom. The second-order valence-electron chi connectivity index (χ2n) is 8.31. The van der Waals surface area contributed by atoms with Crippen molar-refractivity contribution < 1.29 is 17.6 Å². The number of piperazine rings is 1. The van der Waals surface area contributed by atoms with E-state index in [9.17, 15) is 17.6 Å². The van der Waals surface area contributed by atoms with Crippen LogP contribution in [0.25, 0.3) is 0 Å². The van der Waals surface area contributed by atoms with Gasteiger partial charge in [-0.25, -0.2) is 12.8 Å². The molecule has 3 aromatic carbocycles. The number of rotatable bonds is 7. The van der Waals surface area contributed by atoms with E-state index in [0.29, 0.717) is 41.8 Å². The van der Waals surface area contributed by atoms with E-state index in [1.165, 1.54) is 24.3 Å². The molecular formula is C25H23BrCl2FN3O3S. The number of carbonyl (C=O) groups excluding carboxylic acids is 1. The number of hydrogen-bond acceptors (Lipinski definition) is 4. The SMILES string of the molecule is O=C(CN(Cc1ccc(Cl)cc1Cl)S(=O)(=O)c1ccc(Br)cc1)N1CCN(c2ccc(F)cc2)CC1. The van der Waals surface area contributed by atoms with Crippen molar-refractivity contribution in [3.63, 3.8) is 0 Å². The predicted octanol–water partition coefficient (Wildman–Crippen LogP) is 5.43. The summed E-state index contributed by atoms with van der Waals surface area (Å²) in [6.45, 7) is 1.53. The molecule has 0 aliphatic carbocycles. The molecule has 1 heterocycles. The first-order chi connectivity index (χ1) is 17.1. The number of sulfonamides is 1. The zero-order valence-corrected chi connectivity index (χ0v) is 23.0. The molecule has 1 amide bonds. The number of nitrogens with zero attached hydrogens (tertiary/aromatic N) is 3. The fourth-order valence-electron chi connectivity index (χ4n) is 3.94. The minimum atomic E-state index is -4.01. The van der Waals surface area contributed by atoms with Gasteiger partial charge in [0.1, 0.15) is 5.82 Å². The molecule has 4 rings (SSSR count). The van der Waals surface area contributed by atoms with E-state index in [2.05, 4.69) is 20.8 Å². The number of carbonyl (C=O) groups is 1. The van der Waals surface area contributed by atoms with Crippen molar-refractivity contribution in [1.82, 2.24) is 9.21 Å². The normalized spacial score (nSPS) is 14.4. The number of amides is 1. The molecule has 0 atom stereocenters. The minimum Gasteiger partial charge on any atom is -0.368 e. The van der Waals surface area contributed by atoms with E-state index in [1.54, 1.807) is 47.4 Å². The molecule has 0 radical (unpaired) electrons. The van der Waals surface area contributed by atoms with Crippen LogP contribution in [0.4, 0.5) is 10.1 Å². The average molecular weight is 615 g/mol. The monoisotopic (exact) mass is 613 g/mol. The van der Waals surface area contributed by atoms with Crippen molar-refractivity contribution in [1.29, 1.82) is 0 Å². The van der Waals surface area contributed by atoms with Crippen LogP contribution < -0.4 is 4.90 Å². The Labute approximate surface area is 228 Å². The molecule has 36 heavy (non-hydrogen) atoms. The van der Waals surface area contributed by atoms with Crippen molar-refractivity contribution >= 4 is 60.7 Å². The molecular weight excluding hydrogens is 592 g/mol. The second-order valence-corrected chi connectivity index (χ2v) is 12.0. The fraction of sp³-hybridized carbons (Fsp3) is 0.240. The summed E-state index contributed by atoms with van der Waals surface area (Å²) in [7, 11) is -4.01. The summed E-state index contributed by atoms with van der Waals surface area (Å²) in [4.78, 5) is 17.0. The first-order valence-electron chi connectivity index (χ1n) is 11.1. The standard InChI is InChI=1S/C25H23BrCl2FN3O3S/c26-19-2-9-23(10-3-19)36(34,35)32(16-18-1-4-20(27)15-24(18)28)17-25(33)31-13-11-30(12-14-31)22-7-5-21(29)6-8-22/h1-10,15H,11-14,16-17H2. The summed E-state index contributed by atoms with van der Waals surface area (Å²) in [6.07, 6.45) is 0. The molecule has 0 N–H and O–H groups in total. The predicted molar refractivity (Wildman–Crippen MR) is 143 cm³/mol. The quantitative estimate of drug-likeness (QED) is 0.356. The number of benzene rings is 3. The van der Waals surface area contributed by atoms with Crippen LogP contribution in [-0.2, 0) is 21.4 Å². The summed E-state index contributed by atoms with van der Waals surface area (Å²) < 4.78 is 42.2. The van der Waals surface area contributed by atoms with E-state index in [4.69, 9.17) is 23.2 Å². The highest BCUT2D eigenvalue weighted by Crippen LogP contribution is 2.26. The van der Waals surface area contributed by atoms with Gasteiger partial charge in [-0.3, -0.25) is 4.79 Å². The van der Waals surface area contributed by atoms with Gasteiger partial charge in [0.2, 0.25) is 15.9 Å². The Morgan fingerprint density at radius 2 is 1.58 bits per heavy atom. The molecule has 0 bridgehead atoms. The lowest BCUT2D eigenvalue weighted by Crippen LogP contribution is -2.51. The van der Waals surface area contributed by atoms with E-state index in [1.807, 2.05) is 0 Å². The van der Waals surface area contributed by atoms with Crippen LogP contribution in [0, 0.1) is 5.82 Å². The van der Waals surface area contributed by atoms with E-state index in [-0.39, 0.29) is 29.7 Å². The Bertz CT molecular complexity index is 1330. The summed E-state index contributed by atoms with van der Waals surface area (Å²) in [5.41, 5.74) is 1.41. The first-order valence-corrected chi connectivity index (χ1v) is 14.1. The molecule has 0 saturated carbocycles. The number of anilines is 1. The van der Waals surface area contributed by atoms with Gasteiger partial charge in [-0.15, -0.1) is 0 Å². The molecule has 0 unspecified atom stereocenters. The lowest BCUT2D eigenvalue weighted by molar-refractivity contribution is -0.131. The zero-order chi connectivity index (χ0) is 25.9. The highest BCUT2D eigenvalue weighted by molar-refractivity contribution is 9.10. The van der Waals surface area contributed by atoms with Crippen molar-refractivity contribution in [3.8, 4) is 0 Å². The van der Waals surface area contributed by atoms with Gasteiger partial charge in [-0.2, -0.15) is 4.31 Å². The van der Waals surface area contributed by atoms with Gasteiger partial charge < -0.3 is 9.80 Å². The zero-order valence-electron chi connectivity index (χ0n) is 19.1. The average Bonchev–Trinajstić information content (AvgIpc) is 2.86. The van der Waals surface area contributed by atoms with Gasteiger partial charge in [-0.1, -0.05) is 45.2 Å². The van der Waals surface area contributed by atoms with Crippen molar-refractivity contribution in [2.45, 2.75) is 11.4 Å². The maximum atomic E-state index is 13.5. The summed E-state index contributed by atoms with van der Waals surface area (Å²) in [5, 5.41) is 0.750. The number of hydrogen-bond donors (Lipinski definition) is 0. The first kappa shape index (κ1) is 26.9. The summed E-state index contributed by atoms with van der Waals surface area (Å²) in [6, 6.07) is 17.3. The molecule has 0 aromatic heterocycles. The second kappa shape index (κ2) is 11.5. The molecule has 0 spiro atoms. The third-order valence-corrected chi connectivity index (χ3v) is 8.87. The Morgan fingerprint density at radius 1 is 0.944 bits per heavy atom. The van der Waals surface area contributed by atoms with Crippen LogP contribution in [0.15, 0.2) is 76.1 Å². The third kappa shape index (κ3) is 6.39. The molecule has 1 saturated heterocycles. The number of halogens is 4. The smallest absolute Gasteiger partial charge is 0.243 e. The molecule has 6 nitrogen and oxygen atoms in total. The molecule has 1 aliphatic rings. The van der Waals surface area contributed by atoms with Crippen molar-refractivity contribution in [3.05, 3.63) is 92.6 Å². The molecule has 11 heteroatoms. The lowest BCUT2D eigenvalue weighted by atomic mass is 10.2. The van der Waals surface area contributed by atoms with Crippen molar-refractivity contribution in [2.75, 3.05) is 37.6 Å². The van der Waals surface area contributed by atoms with Gasteiger partial charge >= 0.3 is 0 Å². The molecule has 1 aliphatic heterocycles. The maximum Gasteiger partial charge on any atom is 0.243 e. The third-order valence-electron chi connectivity index (χ3n) is 5.95. The molecule has 1 fully saturated rings. The van der Waals surface area contributed by atoms with Crippen LogP contribution >= 0.6 is 39.1 Å². The van der Waals surface area contributed by atoms with E-state index in [0.717, 1.165) is 14.5 Å². The Balaban J connectivity index is 1.52. The van der Waals surface area contributed by atoms with Crippen LogP contribution in [0.5, 0.6) is 0 Å². The molecule has 3 aromatic rings. The van der Waals surface area contributed by atoms with E-state index < -0.39 is 10.0 Å². The Kier molecular flexibility index (Phi) is 8.57. The summed E-state index contributed by atoms with van der Waals surface area (Å²) in [5.74, 6) is -0.611. The van der Waals surface area contributed by atoms with Crippen LogP contribution in [-0.4, -0.2) is 56.3 Å². The van der Waals surface area contributed by atoms with Gasteiger partial charge in [0.15, 0.2) is 0 Å². The van der Waals surface area contributed by atoms with Crippen LogP contribution in [0.2, 0.25) is 10.0 Å². The Hall–Kier alpha value is -2.17. The highest BCUT2D eigenvalue weighted by Gasteiger charge is 2.30. The van der Waals surface area contributed by atoms with Crippen LogP contribution in [0.3, 0.4) is 0 Å². The minimum absolute atomic E-state index is 0.0738. The summed E-state index contributed by atoms with van der Waals surface area (Å²) >= 11 is 15.6.